The molecule has 0 aromatic heterocycles. The van der Waals surface area contributed by atoms with E-state index in [1.54, 1.807) is 0 Å². The molecule has 0 atom stereocenters. The lowest BCUT2D eigenvalue weighted by atomic mass is 10.0. The molecule has 0 unspecified atom stereocenters. The van der Waals surface area contributed by atoms with Gasteiger partial charge in [-0.3, -0.25) is 4.79 Å². The molecule has 17 heavy (non-hydrogen) atoms. The van der Waals surface area contributed by atoms with Crippen LogP contribution in [-0.4, -0.2) is 15.8 Å². The summed E-state index contributed by atoms with van der Waals surface area (Å²) in [6, 6.07) is 8.27. The van der Waals surface area contributed by atoms with E-state index in [2.05, 4.69) is 31.2 Å². The first-order valence-electron chi connectivity index (χ1n) is 5.97. The van der Waals surface area contributed by atoms with Gasteiger partial charge in [-0.15, -0.1) is 11.8 Å². The van der Waals surface area contributed by atoms with Crippen molar-refractivity contribution in [1.82, 2.24) is 0 Å². The van der Waals surface area contributed by atoms with Crippen molar-refractivity contribution in [2.75, 3.05) is 0 Å². The maximum atomic E-state index is 11.3. The third-order valence-corrected chi connectivity index (χ3v) is 4.95. The summed E-state index contributed by atoms with van der Waals surface area (Å²) in [5.74, 6) is 0.0634. The van der Waals surface area contributed by atoms with Crippen molar-refractivity contribution in [3.63, 3.8) is 0 Å². The first kappa shape index (κ1) is 14.1. The summed E-state index contributed by atoms with van der Waals surface area (Å²) in [6.45, 7) is 5.94. The molecule has 1 aromatic rings. The summed E-state index contributed by atoms with van der Waals surface area (Å²) < 4.78 is -0.634. The maximum absolute atomic E-state index is 11.3. The normalized spacial score (nSPS) is 11.5. The van der Waals surface area contributed by atoms with Crippen molar-refractivity contribution in [2.45, 2.75) is 44.1 Å². The van der Waals surface area contributed by atoms with Gasteiger partial charge < -0.3 is 5.11 Å². The summed E-state index contributed by atoms with van der Waals surface area (Å²) in [4.78, 5) is 11.3. The minimum Gasteiger partial charge on any atom is -0.480 e. The van der Waals surface area contributed by atoms with Crippen LogP contribution < -0.4 is 0 Å². The van der Waals surface area contributed by atoms with Gasteiger partial charge in [-0.1, -0.05) is 43.7 Å². The van der Waals surface area contributed by atoms with E-state index in [1.165, 1.54) is 22.9 Å². The highest BCUT2D eigenvalue weighted by molar-refractivity contribution is 8.00. The number of hydrogen-bond acceptors (Lipinski definition) is 2. The van der Waals surface area contributed by atoms with E-state index >= 15 is 0 Å². The zero-order valence-corrected chi connectivity index (χ0v) is 11.5. The summed E-state index contributed by atoms with van der Waals surface area (Å²) in [5.41, 5.74) is 2.42. The predicted molar refractivity (Wildman–Crippen MR) is 73.4 cm³/mol. The Morgan fingerprint density at radius 2 is 1.76 bits per heavy atom. The third kappa shape index (κ3) is 3.50. The second kappa shape index (κ2) is 6.10. The topological polar surface area (TPSA) is 37.3 Å². The van der Waals surface area contributed by atoms with Gasteiger partial charge in [0.1, 0.15) is 4.75 Å². The van der Waals surface area contributed by atoms with E-state index in [1.807, 2.05) is 13.8 Å². The van der Waals surface area contributed by atoms with E-state index in [-0.39, 0.29) is 0 Å². The highest BCUT2D eigenvalue weighted by Gasteiger charge is 2.35. The number of thioether (sulfide) groups is 1. The number of carbonyl (C=O) groups is 1. The number of rotatable bonds is 6. The molecule has 0 heterocycles. The average molecular weight is 252 g/mol. The zero-order chi connectivity index (χ0) is 12.9. The minimum atomic E-state index is -0.695. The van der Waals surface area contributed by atoms with Crippen LogP contribution >= 0.6 is 11.8 Å². The van der Waals surface area contributed by atoms with Crippen molar-refractivity contribution in [3.05, 3.63) is 35.4 Å². The fraction of sp³-hybridized carbons (Fsp3) is 0.500. The quantitative estimate of drug-likeness (QED) is 0.835. The standard InChI is InChI=1S/C14H20O2S/c1-4-14(5-2,13(15)16)17-10-12-8-6-11(3)7-9-12/h6-9H,4-5,10H2,1-3H3,(H,15,16). The molecule has 0 bridgehead atoms. The van der Waals surface area contributed by atoms with Gasteiger partial charge in [0.05, 0.1) is 0 Å². The van der Waals surface area contributed by atoms with Gasteiger partial charge in [0, 0.05) is 5.75 Å². The van der Waals surface area contributed by atoms with Gasteiger partial charge in [-0.05, 0) is 25.3 Å². The van der Waals surface area contributed by atoms with E-state index in [9.17, 15) is 9.90 Å². The first-order chi connectivity index (χ1) is 8.04. The lowest BCUT2D eigenvalue weighted by molar-refractivity contribution is -0.140. The third-order valence-electron chi connectivity index (χ3n) is 3.17. The molecule has 94 valence electrons. The maximum Gasteiger partial charge on any atom is 0.319 e. The molecule has 0 radical (unpaired) electrons. The van der Waals surface area contributed by atoms with Crippen LogP contribution in [0.4, 0.5) is 0 Å². The van der Waals surface area contributed by atoms with E-state index in [0.717, 1.165) is 5.75 Å². The van der Waals surface area contributed by atoms with E-state index < -0.39 is 10.7 Å². The van der Waals surface area contributed by atoms with Crippen molar-refractivity contribution in [2.24, 2.45) is 0 Å². The van der Waals surface area contributed by atoms with E-state index in [0.29, 0.717) is 12.8 Å². The molecular weight excluding hydrogens is 232 g/mol. The smallest absolute Gasteiger partial charge is 0.319 e. The Morgan fingerprint density at radius 3 is 2.18 bits per heavy atom. The minimum absolute atomic E-state index is 0.634. The molecule has 1 rings (SSSR count). The second-order valence-electron chi connectivity index (χ2n) is 4.28. The van der Waals surface area contributed by atoms with Crippen LogP contribution in [0.3, 0.4) is 0 Å². The monoisotopic (exact) mass is 252 g/mol. The Balaban J connectivity index is 2.70. The molecule has 1 aromatic carbocycles. The number of aryl methyl sites for hydroxylation is 1. The van der Waals surface area contributed by atoms with Crippen LogP contribution in [0.2, 0.25) is 0 Å². The van der Waals surface area contributed by atoms with Gasteiger partial charge in [-0.2, -0.15) is 0 Å². The molecule has 0 aliphatic heterocycles. The number of aliphatic carboxylic acids is 1. The van der Waals surface area contributed by atoms with Crippen LogP contribution in [0, 0.1) is 6.92 Å². The van der Waals surface area contributed by atoms with E-state index in [4.69, 9.17) is 0 Å². The number of carboxylic acid groups (broad SMARTS) is 1. The summed E-state index contributed by atoms with van der Waals surface area (Å²) >= 11 is 1.54. The second-order valence-corrected chi connectivity index (χ2v) is 5.64. The fourth-order valence-corrected chi connectivity index (χ4v) is 2.89. The van der Waals surface area contributed by atoms with Gasteiger partial charge in [0.2, 0.25) is 0 Å². The van der Waals surface area contributed by atoms with Crippen molar-refractivity contribution < 1.29 is 9.90 Å². The van der Waals surface area contributed by atoms with Crippen LogP contribution in [0.1, 0.15) is 37.8 Å². The lowest BCUT2D eigenvalue weighted by Gasteiger charge is -2.26. The van der Waals surface area contributed by atoms with Crippen molar-refractivity contribution in [3.8, 4) is 0 Å². The van der Waals surface area contributed by atoms with Crippen LogP contribution in [0.25, 0.3) is 0 Å². The van der Waals surface area contributed by atoms with Gasteiger partial charge in [0.15, 0.2) is 0 Å². The van der Waals surface area contributed by atoms with Crippen LogP contribution in [-0.2, 0) is 10.5 Å². The molecule has 0 saturated carbocycles. The predicted octanol–water partition coefficient (Wildman–Crippen LogP) is 3.87. The highest BCUT2D eigenvalue weighted by atomic mass is 32.2. The number of carboxylic acids is 1. The Morgan fingerprint density at radius 1 is 1.24 bits per heavy atom. The molecule has 0 fully saturated rings. The van der Waals surface area contributed by atoms with Crippen LogP contribution in [0.5, 0.6) is 0 Å². The zero-order valence-electron chi connectivity index (χ0n) is 10.7. The summed E-state index contributed by atoms with van der Waals surface area (Å²) in [5, 5.41) is 9.33. The Bertz CT molecular complexity index is 366. The van der Waals surface area contributed by atoms with Gasteiger partial charge >= 0.3 is 5.97 Å². The Hall–Kier alpha value is -0.960. The molecule has 3 heteroatoms. The Labute approximate surface area is 107 Å². The van der Waals surface area contributed by atoms with Crippen LogP contribution in [0.15, 0.2) is 24.3 Å². The highest BCUT2D eigenvalue weighted by Crippen LogP contribution is 2.35. The van der Waals surface area contributed by atoms with Gasteiger partial charge in [0.25, 0.3) is 0 Å². The molecule has 1 N–H and O–H groups in total. The summed E-state index contributed by atoms with van der Waals surface area (Å²) in [7, 11) is 0. The molecule has 0 amide bonds. The largest absolute Gasteiger partial charge is 0.480 e. The lowest BCUT2D eigenvalue weighted by Crippen LogP contribution is -2.33. The molecule has 0 aliphatic carbocycles. The fourth-order valence-electron chi connectivity index (χ4n) is 1.72. The molecular formula is C14H20O2S. The molecule has 2 nitrogen and oxygen atoms in total. The van der Waals surface area contributed by atoms with Crippen molar-refractivity contribution in [1.29, 1.82) is 0 Å². The average Bonchev–Trinajstić information content (AvgIpc) is 2.33. The number of hydrogen-bond donors (Lipinski definition) is 1. The molecule has 0 saturated heterocycles. The van der Waals surface area contributed by atoms with Gasteiger partial charge in [-0.25, -0.2) is 0 Å². The number of benzene rings is 1. The SMILES string of the molecule is CCC(CC)(SCc1ccc(C)cc1)C(=O)O. The summed E-state index contributed by atoms with van der Waals surface area (Å²) in [6.07, 6.45) is 1.32. The first-order valence-corrected chi connectivity index (χ1v) is 6.95. The van der Waals surface area contributed by atoms with Crippen molar-refractivity contribution >= 4 is 17.7 Å². The molecule has 0 aliphatic rings. The Kier molecular flexibility index (Phi) is 5.06. The molecule has 0 spiro atoms.